The van der Waals surface area contributed by atoms with E-state index in [2.05, 4.69) is 30.0 Å². The van der Waals surface area contributed by atoms with Gasteiger partial charge in [0.1, 0.15) is 0 Å². The fourth-order valence-electron chi connectivity index (χ4n) is 3.03. The number of rotatable bonds is 1. The average Bonchev–Trinajstić information content (AvgIpc) is 2.24. The van der Waals surface area contributed by atoms with Gasteiger partial charge in [-0.1, -0.05) is 0 Å². The van der Waals surface area contributed by atoms with Crippen LogP contribution in [0.25, 0.3) is 0 Å². The van der Waals surface area contributed by atoms with Gasteiger partial charge in [-0.05, 0) is 70.3 Å². The van der Waals surface area contributed by atoms with Gasteiger partial charge in [-0.15, -0.1) is 0 Å². The fourth-order valence-corrected chi connectivity index (χ4v) is 3.74. The van der Waals surface area contributed by atoms with Gasteiger partial charge in [0.2, 0.25) is 0 Å². The molecule has 0 atom stereocenters. The lowest BCUT2D eigenvalue weighted by Gasteiger charge is -2.45. The summed E-state index contributed by atoms with van der Waals surface area (Å²) < 4.78 is 0. The fraction of sp³-hybridized carbons (Fsp3) is 1.00. The largest absolute Gasteiger partial charge is 0.306 e. The molecule has 0 radical (unpaired) electrons. The lowest BCUT2D eigenvalue weighted by Crippen LogP contribution is -2.40. The van der Waals surface area contributed by atoms with Crippen LogP contribution in [0.5, 0.6) is 0 Å². The Bertz CT molecular complexity index is 175. The van der Waals surface area contributed by atoms with Crippen molar-refractivity contribution < 1.29 is 0 Å². The van der Waals surface area contributed by atoms with E-state index in [4.69, 9.17) is 0 Å². The van der Waals surface area contributed by atoms with Gasteiger partial charge in [-0.2, -0.15) is 11.8 Å². The third kappa shape index (κ3) is 2.27. The SMILES string of the molecule is CSC1CCC2(CC1)CCN(C)CC2. The Labute approximate surface area is 92.6 Å². The van der Waals surface area contributed by atoms with E-state index in [0.717, 1.165) is 10.7 Å². The Morgan fingerprint density at radius 3 is 2.14 bits per heavy atom. The van der Waals surface area contributed by atoms with Crippen molar-refractivity contribution >= 4 is 11.8 Å². The first kappa shape index (κ1) is 10.8. The molecule has 0 aromatic rings. The van der Waals surface area contributed by atoms with Gasteiger partial charge in [0.25, 0.3) is 0 Å². The van der Waals surface area contributed by atoms with Crippen LogP contribution in [0.3, 0.4) is 0 Å². The molecule has 0 bridgehead atoms. The normalized spacial score (nSPS) is 29.6. The minimum Gasteiger partial charge on any atom is -0.306 e. The summed E-state index contributed by atoms with van der Waals surface area (Å²) in [5.74, 6) is 0. The molecule has 1 spiro atoms. The summed E-state index contributed by atoms with van der Waals surface area (Å²) >= 11 is 2.08. The lowest BCUT2D eigenvalue weighted by molar-refractivity contribution is 0.0825. The Morgan fingerprint density at radius 1 is 1.07 bits per heavy atom. The molecule has 0 unspecified atom stereocenters. The average molecular weight is 213 g/mol. The molecule has 1 aliphatic heterocycles. The molecule has 14 heavy (non-hydrogen) atoms. The van der Waals surface area contributed by atoms with Gasteiger partial charge in [-0.25, -0.2) is 0 Å². The zero-order chi connectivity index (χ0) is 10.0. The van der Waals surface area contributed by atoms with Crippen LogP contribution < -0.4 is 0 Å². The monoisotopic (exact) mass is 213 g/mol. The molecule has 0 aromatic carbocycles. The van der Waals surface area contributed by atoms with E-state index >= 15 is 0 Å². The number of piperidine rings is 1. The van der Waals surface area contributed by atoms with E-state index < -0.39 is 0 Å². The van der Waals surface area contributed by atoms with Gasteiger partial charge >= 0.3 is 0 Å². The Balaban J connectivity index is 1.86. The maximum absolute atomic E-state index is 2.49. The van der Waals surface area contributed by atoms with Crippen LogP contribution in [-0.4, -0.2) is 36.5 Å². The first-order chi connectivity index (χ1) is 6.74. The topological polar surface area (TPSA) is 3.24 Å². The number of likely N-dealkylation sites (tertiary alicyclic amines) is 1. The molecule has 0 amide bonds. The van der Waals surface area contributed by atoms with Gasteiger partial charge < -0.3 is 4.90 Å². The van der Waals surface area contributed by atoms with E-state index in [9.17, 15) is 0 Å². The van der Waals surface area contributed by atoms with Gasteiger partial charge in [0.15, 0.2) is 0 Å². The van der Waals surface area contributed by atoms with Crippen LogP contribution in [0, 0.1) is 5.41 Å². The highest BCUT2D eigenvalue weighted by molar-refractivity contribution is 7.99. The summed E-state index contributed by atoms with van der Waals surface area (Å²) in [6, 6.07) is 0. The maximum atomic E-state index is 2.49. The molecule has 1 saturated heterocycles. The zero-order valence-corrected chi connectivity index (χ0v) is 10.4. The first-order valence-electron chi connectivity index (χ1n) is 5.95. The molecular formula is C12H23NS. The van der Waals surface area contributed by atoms with Crippen LogP contribution in [-0.2, 0) is 0 Å². The molecular weight excluding hydrogens is 190 g/mol. The molecule has 1 saturated carbocycles. The van der Waals surface area contributed by atoms with Gasteiger partial charge in [0.05, 0.1) is 0 Å². The van der Waals surface area contributed by atoms with Crippen molar-refractivity contribution in [3.05, 3.63) is 0 Å². The molecule has 0 N–H and O–H groups in total. The Morgan fingerprint density at radius 2 is 1.64 bits per heavy atom. The minimum atomic E-state index is 0.763. The maximum Gasteiger partial charge on any atom is 0.00446 e. The smallest absolute Gasteiger partial charge is 0.00446 e. The van der Waals surface area contributed by atoms with E-state index in [1.165, 1.54) is 51.6 Å². The second kappa shape index (κ2) is 4.44. The van der Waals surface area contributed by atoms with Crippen LogP contribution in [0.1, 0.15) is 38.5 Å². The van der Waals surface area contributed by atoms with Crippen molar-refractivity contribution in [3.63, 3.8) is 0 Å². The van der Waals surface area contributed by atoms with Crippen LogP contribution in [0.2, 0.25) is 0 Å². The number of hydrogen-bond acceptors (Lipinski definition) is 2. The molecule has 2 fully saturated rings. The van der Waals surface area contributed by atoms with Crippen molar-refractivity contribution in [2.45, 2.75) is 43.8 Å². The lowest BCUT2D eigenvalue weighted by atomic mass is 9.68. The van der Waals surface area contributed by atoms with E-state index in [1.54, 1.807) is 0 Å². The highest BCUT2D eigenvalue weighted by Gasteiger charge is 2.36. The van der Waals surface area contributed by atoms with E-state index in [0.29, 0.717) is 0 Å². The number of thioether (sulfide) groups is 1. The van der Waals surface area contributed by atoms with Crippen molar-refractivity contribution in [1.29, 1.82) is 0 Å². The predicted molar refractivity (Wildman–Crippen MR) is 64.9 cm³/mol. The Hall–Kier alpha value is 0.310. The summed E-state index contributed by atoms with van der Waals surface area (Å²) in [6.45, 7) is 2.67. The molecule has 1 heterocycles. The van der Waals surface area contributed by atoms with Crippen LogP contribution >= 0.6 is 11.8 Å². The molecule has 2 heteroatoms. The highest BCUT2D eigenvalue weighted by atomic mass is 32.2. The van der Waals surface area contributed by atoms with E-state index in [-0.39, 0.29) is 0 Å². The second-order valence-corrected chi connectivity index (χ2v) is 6.38. The van der Waals surface area contributed by atoms with Crippen molar-refractivity contribution in [3.8, 4) is 0 Å². The standard InChI is InChI=1S/C12H23NS/c1-13-9-7-12(8-10-13)5-3-11(14-2)4-6-12/h11H,3-10H2,1-2H3. The van der Waals surface area contributed by atoms with Gasteiger partial charge in [0, 0.05) is 5.25 Å². The van der Waals surface area contributed by atoms with Gasteiger partial charge in [-0.3, -0.25) is 0 Å². The second-order valence-electron chi connectivity index (χ2n) is 5.24. The molecule has 1 nitrogen and oxygen atoms in total. The number of hydrogen-bond donors (Lipinski definition) is 0. The number of nitrogens with zero attached hydrogens (tertiary/aromatic N) is 1. The highest BCUT2D eigenvalue weighted by Crippen LogP contribution is 2.46. The summed E-state index contributed by atoms with van der Waals surface area (Å²) in [4.78, 5) is 2.49. The third-order valence-electron chi connectivity index (χ3n) is 4.37. The molecule has 2 rings (SSSR count). The quantitative estimate of drug-likeness (QED) is 0.659. The van der Waals surface area contributed by atoms with Crippen molar-refractivity contribution in [1.82, 2.24) is 4.90 Å². The van der Waals surface area contributed by atoms with Crippen LogP contribution in [0.4, 0.5) is 0 Å². The molecule has 1 aliphatic carbocycles. The third-order valence-corrected chi connectivity index (χ3v) is 5.51. The van der Waals surface area contributed by atoms with E-state index in [1.807, 2.05) is 0 Å². The van der Waals surface area contributed by atoms with Crippen molar-refractivity contribution in [2.75, 3.05) is 26.4 Å². The molecule has 0 aromatic heterocycles. The van der Waals surface area contributed by atoms with Crippen molar-refractivity contribution in [2.24, 2.45) is 5.41 Å². The molecule has 82 valence electrons. The molecule has 2 aliphatic rings. The minimum absolute atomic E-state index is 0.763. The summed E-state index contributed by atoms with van der Waals surface area (Å²) in [6.07, 6.45) is 11.2. The predicted octanol–water partition coefficient (Wildman–Crippen LogP) is 3.00. The summed E-state index contributed by atoms with van der Waals surface area (Å²) in [5, 5.41) is 0.972. The van der Waals surface area contributed by atoms with Crippen LogP contribution in [0.15, 0.2) is 0 Å². The zero-order valence-electron chi connectivity index (χ0n) is 9.59. The summed E-state index contributed by atoms with van der Waals surface area (Å²) in [5.41, 5.74) is 0.763. The Kier molecular flexibility index (Phi) is 3.43. The summed E-state index contributed by atoms with van der Waals surface area (Å²) in [7, 11) is 2.26. The first-order valence-corrected chi connectivity index (χ1v) is 7.24.